The van der Waals surface area contributed by atoms with E-state index in [-0.39, 0.29) is 0 Å². The number of benzene rings is 1. The summed E-state index contributed by atoms with van der Waals surface area (Å²) in [6.07, 6.45) is 0. The molecule has 0 atom stereocenters. The zero-order valence-corrected chi connectivity index (χ0v) is 11.9. The lowest BCUT2D eigenvalue weighted by Crippen LogP contribution is -2.15. The molecule has 0 aliphatic heterocycles. The van der Waals surface area contributed by atoms with E-state index in [1.807, 2.05) is 6.07 Å². The van der Waals surface area contributed by atoms with Gasteiger partial charge in [-0.05, 0) is 37.7 Å². The van der Waals surface area contributed by atoms with Gasteiger partial charge in [0.2, 0.25) is 0 Å². The number of nitrogens with one attached hydrogen (secondary N) is 1. The van der Waals surface area contributed by atoms with Crippen LogP contribution in [-0.2, 0) is 13.1 Å². The number of nitrogens with zero attached hydrogens (tertiary/aromatic N) is 1. The van der Waals surface area contributed by atoms with E-state index in [1.165, 1.54) is 11.3 Å². The van der Waals surface area contributed by atoms with Gasteiger partial charge in [-0.1, -0.05) is 24.6 Å². The Morgan fingerprint density at radius 2 is 1.74 bits per heavy atom. The van der Waals surface area contributed by atoms with Crippen molar-refractivity contribution in [3.8, 4) is 0 Å². The van der Waals surface area contributed by atoms with Crippen LogP contribution in [0, 0.1) is 6.92 Å². The predicted octanol–water partition coefficient (Wildman–Crippen LogP) is 3.33. The summed E-state index contributed by atoms with van der Waals surface area (Å²) in [5, 5.41) is 3.26. The van der Waals surface area contributed by atoms with Crippen LogP contribution < -0.4 is 10.2 Å². The lowest BCUT2D eigenvalue weighted by molar-refractivity contribution is 0.448. The first-order valence-corrected chi connectivity index (χ1v) is 6.75. The van der Waals surface area contributed by atoms with E-state index < -0.39 is 0 Å². The molecular formula is C16H22N2O. The van der Waals surface area contributed by atoms with Crippen molar-refractivity contribution >= 4 is 5.69 Å². The molecule has 0 fully saturated rings. The van der Waals surface area contributed by atoms with Gasteiger partial charge in [0, 0.05) is 12.7 Å². The van der Waals surface area contributed by atoms with Crippen LogP contribution in [0.4, 0.5) is 5.69 Å². The Bertz CT molecular complexity index is 502. The Morgan fingerprint density at radius 3 is 2.42 bits per heavy atom. The fourth-order valence-corrected chi connectivity index (χ4v) is 1.97. The first-order valence-electron chi connectivity index (χ1n) is 6.75. The van der Waals surface area contributed by atoms with Crippen molar-refractivity contribution in [2.75, 3.05) is 18.5 Å². The highest BCUT2D eigenvalue weighted by Crippen LogP contribution is 2.17. The third-order valence-electron chi connectivity index (χ3n) is 3.13. The maximum Gasteiger partial charge on any atom is 0.123 e. The largest absolute Gasteiger partial charge is 0.463 e. The van der Waals surface area contributed by atoms with Gasteiger partial charge < -0.3 is 14.6 Å². The second-order valence-corrected chi connectivity index (χ2v) is 4.84. The van der Waals surface area contributed by atoms with E-state index in [0.717, 1.165) is 31.2 Å². The first kappa shape index (κ1) is 13.7. The number of hydrogen-bond donors (Lipinski definition) is 1. The molecule has 1 heterocycles. The van der Waals surface area contributed by atoms with E-state index in [9.17, 15) is 0 Å². The molecule has 0 aliphatic carbocycles. The highest BCUT2D eigenvalue weighted by molar-refractivity contribution is 5.46. The van der Waals surface area contributed by atoms with Crippen LogP contribution >= 0.6 is 0 Å². The SMILES string of the molecule is CCNCc1ccc(CN(C)c2ccc(C)cc2)o1. The molecule has 3 heteroatoms. The van der Waals surface area contributed by atoms with Crippen molar-refractivity contribution in [2.45, 2.75) is 26.9 Å². The Kier molecular flexibility index (Phi) is 4.63. The van der Waals surface area contributed by atoms with Crippen molar-refractivity contribution in [1.82, 2.24) is 5.32 Å². The van der Waals surface area contributed by atoms with Crippen LogP contribution in [0.3, 0.4) is 0 Å². The van der Waals surface area contributed by atoms with Crippen molar-refractivity contribution in [3.63, 3.8) is 0 Å². The molecule has 1 aromatic carbocycles. The van der Waals surface area contributed by atoms with E-state index >= 15 is 0 Å². The molecule has 3 nitrogen and oxygen atoms in total. The van der Waals surface area contributed by atoms with E-state index in [2.05, 4.69) is 61.4 Å². The molecule has 102 valence electrons. The number of anilines is 1. The third-order valence-corrected chi connectivity index (χ3v) is 3.13. The van der Waals surface area contributed by atoms with E-state index in [1.54, 1.807) is 0 Å². The molecule has 2 aromatic rings. The number of rotatable bonds is 6. The molecule has 2 rings (SSSR count). The average molecular weight is 258 g/mol. The summed E-state index contributed by atoms with van der Waals surface area (Å²) in [6.45, 7) is 6.73. The number of furan rings is 1. The smallest absolute Gasteiger partial charge is 0.123 e. The van der Waals surface area contributed by atoms with Crippen molar-refractivity contribution in [2.24, 2.45) is 0 Å². The van der Waals surface area contributed by atoms with Crippen LogP contribution in [0.2, 0.25) is 0 Å². The zero-order chi connectivity index (χ0) is 13.7. The molecule has 1 aromatic heterocycles. The molecule has 19 heavy (non-hydrogen) atoms. The molecule has 0 unspecified atom stereocenters. The minimum Gasteiger partial charge on any atom is -0.463 e. The summed E-state index contributed by atoms with van der Waals surface area (Å²) < 4.78 is 5.80. The van der Waals surface area contributed by atoms with Gasteiger partial charge in [-0.25, -0.2) is 0 Å². The van der Waals surface area contributed by atoms with Crippen molar-refractivity contribution < 1.29 is 4.42 Å². The summed E-state index contributed by atoms with van der Waals surface area (Å²) in [6, 6.07) is 12.6. The molecule has 0 spiro atoms. The second-order valence-electron chi connectivity index (χ2n) is 4.84. The molecule has 0 bridgehead atoms. The average Bonchev–Trinajstić information content (AvgIpc) is 2.84. The molecular weight excluding hydrogens is 236 g/mol. The monoisotopic (exact) mass is 258 g/mol. The molecule has 0 saturated heterocycles. The molecule has 0 amide bonds. The number of aryl methyl sites for hydroxylation is 1. The van der Waals surface area contributed by atoms with Gasteiger partial charge >= 0.3 is 0 Å². The maximum absolute atomic E-state index is 5.80. The fraction of sp³-hybridized carbons (Fsp3) is 0.375. The van der Waals surface area contributed by atoms with Crippen molar-refractivity contribution in [3.05, 3.63) is 53.5 Å². The van der Waals surface area contributed by atoms with Gasteiger partial charge in [0.15, 0.2) is 0 Å². The summed E-state index contributed by atoms with van der Waals surface area (Å²) in [4.78, 5) is 2.19. The molecule has 0 saturated carbocycles. The fourth-order valence-electron chi connectivity index (χ4n) is 1.97. The maximum atomic E-state index is 5.80. The third kappa shape index (κ3) is 3.86. The van der Waals surface area contributed by atoms with Crippen LogP contribution in [0.1, 0.15) is 24.0 Å². The lowest BCUT2D eigenvalue weighted by atomic mass is 10.2. The van der Waals surface area contributed by atoms with Crippen LogP contribution in [0.5, 0.6) is 0 Å². The Labute approximate surface area is 115 Å². The van der Waals surface area contributed by atoms with Crippen LogP contribution in [0.15, 0.2) is 40.8 Å². The summed E-state index contributed by atoms with van der Waals surface area (Å²) in [5.74, 6) is 1.99. The second kappa shape index (κ2) is 6.43. The highest BCUT2D eigenvalue weighted by atomic mass is 16.3. The Balaban J connectivity index is 1.96. The summed E-state index contributed by atoms with van der Waals surface area (Å²) in [5.41, 5.74) is 2.48. The van der Waals surface area contributed by atoms with Crippen LogP contribution in [-0.4, -0.2) is 13.6 Å². The van der Waals surface area contributed by atoms with Gasteiger partial charge in [0.05, 0.1) is 13.1 Å². The summed E-state index contributed by atoms with van der Waals surface area (Å²) >= 11 is 0. The standard InChI is InChI=1S/C16H22N2O/c1-4-17-11-15-9-10-16(19-15)12-18(3)14-7-5-13(2)6-8-14/h5-10,17H,4,11-12H2,1-3H3. The summed E-state index contributed by atoms with van der Waals surface area (Å²) in [7, 11) is 2.08. The van der Waals surface area contributed by atoms with Crippen molar-refractivity contribution in [1.29, 1.82) is 0 Å². The van der Waals surface area contributed by atoms with Gasteiger partial charge in [-0.2, -0.15) is 0 Å². The Morgan fingerprint density at radius 1 is 1.05 bits per heavy atom. The Hall–Kier alpha value is -1.74. The van der Waals surface area contributed by atoms with Gasteiger partial charge in [-0.15, -0.1) is 0 Å². The molecule has 0 radical (unpaired) electrons. The quantitative estimate of drug-likeness (QED) is 0.861. The lowest BCUT2D eigenvalue weighted by Gasteiger charge is -2.18. The van der Waals surface area contributed by atoms with E-state index in [4.69, 9.17) is 4.42 Å². The molecule has 0 aliphatic rings. The predicted molar refractivity (Wildman–Crippen MR) is 79.4 cm³/mol. The van der Waals surface area contributed by atoms with Gasteiger partial charge in [-0.3, -0.25) is 0 Å². The minimum atomic E-state index is 0.787. The minimum absolute atomic E-state index is 0.787. The van der Waals surface area contributed by atoms with E-state index in [0.29, 0.717) is 0 Å². The van der Waals surface area contributed by atoms with Gasteiger partial charge in [0.25, 0.3) is 0 Å². The highest BCUT2D eigenvalue weighted by Gasteiger charge is 2.06. The first-order chi connectivity index (χ1) is 9.19. The van der Waals surface area contributed by atoms with Gasteiger partial charge in [0.1, 0.15) is 11.5 Å². The molecule has 1 N–H and O–H groups in total. The topological polar surface area (TPSA) is 28.4 Å². The zero-order valence-electron chi connectivity index (χ0n) is 11.9. The number of hydrogen-bond acceptors (Lipinski definition) is 3. The normalized spacial score (nSPS) is 10.7. The van der Waals surface area contributed by atoms with Crippen LogP contribution in [0.25, 0.3) is 0 Å².